The van der Waals surface area contributed by atoms with E-state index < -0.39 is 11.7 Å². The van der Waals surface area contributed by atoms with Crippen LogP contribution in [0.2, 0.25) is 0 Å². The molecule has 5 rings (SSSR count). The van der Waals surface area contributed by atoms with Crippen LogP contribution in [0.4, 0.5) is 0 Å². The van der Waals surface area contributed by atoms with E-state index in [9.17, 15) is 14.4 Å². The van der Waals surface area contributed by atoms with Crippen LogP contribution in [0.3, 0.4) is 0 Å². The van der Waals surface area contributed by atoms with Gasteiger partial charge in [-0.15, -0.1) is 0 Å². The number of hydrogen-bond acceptors (Lipinski definition) is 4. The molecule has 1 fully saturated rings. The average Bonchev–Trinajstić information content (AvgIpc) is 3.34. The maximum atomic E-state index is 13.4. The van der Waals surface area contributed by atoms with Gasteiger partial charge in [-0.2, -0.15) is 0 Å². The second-order valence-corrected chi connectivity index (χ2v) is 8.85. The number of benzene rings is 2. The zero-order valence-electron chi connectivity index (χ0n) is 19.5. The van der Waals surface area contributed by atoms with Crippen molar-refractivity contribution in [2.45, 2.75) is 19.4 Å². The summed E-state index contributed by atoms with van der Waals surface area (Å²) in [5.41, 5.74) is 3.58. The van der Waals surface area contributed by atoms with Gasteiger partial charge >= 0.3 is 0 Å². The lowest BCUT2D eigenvalue weighted by Gasteiger charge is -2.39. The van der Waals surface area contributed by atoms with Crippen LogP contribution in [0.1, 0.15) is 38.8 Å². The molecule has 0 spiro atoms. The van der Waals surface area contributed by atoms with Crippen LogP contribution in [0.5, 0.6) is 0 Å². The van der Waals surface area contributed by atoms with Crippen molar-refractivity contribution in [3.05, 3.63) is 101 Å². The lowest BCUT2D eigenvalue weighted by atomic mass is 9.99. The molecule has 2 aromatic carbocycles. The van der Waals surface area contributed by atoms with E-state index in [0.717, 1.165) is 11.1 Å². The van der Waals surface area contributed by atoms with Gasteiger partial charge in [0.15, 0.2) is 0 Å². The Morgan fingerprint density at radius 3 is 2.40 bits per heavy atom. The maximum absolute atomic E-state index is 13.4. The highest BCUT2D eigenvalue weighted by molar-refractivity contribution is 6.45. The Bertz CT molecular complexity index is 1380. The van der Waals surface area contributed by atoms with Gasteiger partial charge in [-0.05, 0) is 42.7 Å². The highest BCUT2D eigenvalue weighted by Crippen LogP contribution is 2.25. The zero-order valence-corrected chi connectivity index (χ0v) is 19.5. The fourth-order valence-electron chi connectivity index (χ4n) is 4.72. The van der Waals surface area contributed by atoms with Gasteiger partial charge in [0.1, 0.15) is 5.65 Å². The fourth-order valence-corrected chi connectivity index (χ4v) is 4.72. The molecule has 0 bridgehead atoms. The Kier molecular flexibility index (Phi) is 6.14. The molecule has 0 unspecified atom stereocenters. The van der Waals surface area contributed by atoms with Crippen molar-refractivity contribution in [2.24, 2.45) is 0 Å². The molecule has 4 aromatic rings. The van der Waals surface area contributed by atoms with Gasteiger partial charge in [0.2, 0.25) is 0 Å². The number of carbonyl (C=O) groups excluding carboxylic acids is 3. The summed E-state index contributed by atoms with van der Waals surface area (Å²) in [6, 6.07) is 20.7. The molecule has 176 valence electrons. The van der Waals surface area contributed by atoms with Gasteiger partial charge in [0.05, 0.1) is 5.56 Å². The number of pyridine rings is 1. The summed E-state index contributed by atoms with van der Waals surface area (Å²) in [5, 5.41) is 0.681. The minimum atomic E-state index is -0.562. The van der Waals surface area contributed by atoms with Crippen LogP contribution in [0, 0.1) is 0 Å². The number of nitrogens with zero attached hydrogens (tertiary/aromatic N) is 3. The van der Waals surface area contributed by atoms with E-state index in [2.05, 4.69) is 9.97 Å². The predicted octanol–water partition coefficient (Wildman–Crippen LogP) is 3.71. The molecule has 1 aliphatic rings. The van der Waals surface area contributed by atoms with Crippen molar-refractivity contribution in [1.82, 2.24) is 19.8 Å². The molecule has 0 saturated carbocycles. The van der Waals surface area contributed by atoms with E-state index in [1.165, 1.54) is 0 Å². The molecule has 7 heteroatoms. The molecule has 1 aliphatic heterocycles. The van der Waals surface area contributed by atoms with Crippen LogP contribution < -0.4 is 0 Å². The van der Waals surface area contributed by atoms with Crippen LogP contribution in [-0.4, -0.2) is 63.0 Å². The summed E-state index contributed by atoms with van der Waals surface area (Å²) in [7, 11) is 0. The van der Waals surface area contributed by atoms with Crippen LogP contribution in [0.25, 0.3) is 11.0 Å². The second kappa shape index (κ2) is 9.54. The molecular weight excluding hydrogens is 440 g/mol. The summed E-state index contributed by atoms with van der Waals surface area (Å²) in [5.74, 6) is -1.18. The number of amides is 2. The first-order valence-corrected chi connectivity index (χ1v) is 11.7. The van der Waals surface area contributed by atoms with Gasteiger partial charge in [-0.3, -0.25) is 14.4 Å². The lowest BCUT2D eigenvalue weighted by molar-refractivity contribution is -0.130. The van der Waals surface area contributed by atoms with Crippen molar-refractivity contribution in [3.63, 3.8) is 0 Å². The molecule has 1 atom stereocenters. The van der Waals surface area contributed by atoms with Gasteiger partial charge in [-0.25, -0.2) is 4.98 Å². The van der Waals surface area contributed by atoms with E-state index in [-0.39, 0.29) is 11.9 Å². The Morgan fingerprint density at radius 1 is 0.971 bits per heavy atom. The highest BCUT2D eigenvalue weighted by Gasteiger charge is 2.34. The Morgan fingerprint density at radius 2 is 1.69 bits per heavy atom. The van der Waals surface area contributed by atoms with E-state index in [1.807, 2.05) is 61.5 Å². The number of Topliss-reactive ketones (excluding diaryl/α,β-unsaturated/α-hetero) is 1. The highest BCUT2D eigenvalue weighted by atomic mass is 16.2. The van der Waals surface area contributed by atoms with E-state index in [1.54, 1.807) is 34.3 Å². The number of piperazine rings is 1. The van der Waals surface area contributed by atoms with Crippen molar-refractivity contribution >= 4 is 28.6 Å². The van der Waals surface area contributed by atoms with E-state index in [0.29, 0.717) is 48.2 Å². The number of hydrogen-bond donors (Lipinski definition) is 1. The molecule has 0 aliphatic carbocycles. The number of aromatic amines is 1. The standard InChI is InChI=1S/C28H26N4O3/c1-19-18-31(27(34)21-10-6-3-7-11-21)14-15-32(19)28(35)25(33)23-17-30-26-24(23)22(12-13-29-26)16-20-8-4-2-5-9-20/h2-13,17,19H,14-16,18H2,1H3,(H,29,30)/t19-/m1/s1. The van der Waals surface area contributed by atoms with Crippen molar-refractivity contribution < 1.29 is 14.4 Å². The molecule has 0 radical (unpaired) electrons. The van der Waals surface area contributed by atoms with Crippen LogP contribution in [0.15, 0.2) is 79.1 Å². The van der Waals surface area contributed by atoms with Crippen molar-refractivity contribution in [2.75, 3.05) is 19.6 Å². The summed E-state index contributed by atoms with van der Waals surface area (Å²) in [6.45, 7) is 2.93. The second-order valence-electron chi connectivity index (χ2n) is 8.85. The normalized spacial score (nSPS) is 15.9. The summed E-state index contributed by atoms with van der Waals surface area (Å²) < 4.78 is 0. The summed E-state index contributed by atoms with van der Waals surface area (Å²) in [6.07, 6.45) is 3.91. The van der Waals surface area contributed by atoms with Crippen molar-refractivity contribution in [1.29, 1.82) is 0 Å². The average molecular weight is 467 g/mol. The molecule has 35 heavy (non-hydrogen) atoms. The van der Waals surface area contributed by atoms with Crippen molar-refractivity contribution in [3.8, 4) is 0 Å². The first-order chi connectivity index (χ1) is 17.0. The van der Waals surface area contributed by atoms with Crippen LogP contribution in [-0.2, 0) is 11.2 Å². The molecule has 1 saturated heterocycles. The van der Waals surface area contributed by atoms with Gasteiger partial charge in [0, 0.05) is 49.0 Å². The quantitative estimate of drug-likeness (QED) is 0.359. The molecular formula is C28H26N4O3. The Labute approximate surface area is 203 Å². The van der Waals surface area contributed by atoms with Crippen LogP contribution >= 0.6 is 0 Å². The topological polar surface area (TPSA) is 86.4 Å². The number of H-pyrrole nitrogens is 1. The number of carbonyl (C=O) groups is 3. The number of fused-ring (bicyclic) bond motifs is 1. The Hall–Kier alpha value is -4.26. The smallest absolute Gasteiger partial charge is 0.295 e. The monoisotopic (exact) mass is 466 g/mol. The SMILES string of the molecule is C[C@@H]1CN(C(=O)c2ccccc2)CCN1C(=O)C(=O)c1c[nH]c2nccc(Cc3ccccc3)c12. The minimum absolute atomic E-state index is 0.0656. The third-order valence-corrected chi connectivity index (χ3v) is 6.53. The zero-order chi connectivity index (χ0) is 24.4. The third-order valence-electron chi connectivity index (χ3n) is 6.53. The number of nitrogens with one attached hydrogen (secondary N) is 1. The van der Waals surface area contributed by atoms with E-state index in [4.69, 9.17) is 0 Å². The fraction of sp³-hybridized carbons (Fsp3) is 0.214. The molecule has 1 N–H and O–H groups in total. The van der Waals surface area contributed by atoms with Gasteiger partial charge in [0.25, 0.3) is 17.6 Å². The molecule has 2 amide bonds. The summed E-state index contributed by atoms with van der Waals surface area (Å²) >= 11 is 0. The third kappa shape index (κ3) is 4.45. The lowest BCUT2D eigenvalue weighted by Crippen LogP contribution is -2.56. The minimum Gasteiger partial charge on any atom is -0.345 e. The van der Waals surface area contributed by atoms with Gasteiger partial charge in [-0.1, -0.05) is 48.5 Å². The number of rotatable bonds is 5. The van der Waals surface area contributed by atoms with E-state index >= 15 is 0 Å². The van der Waals surface area contributed by atoms with Gasteiger partial charge < -0.3 is 14.8 Å². The predicted molar refractivity (Wildman–Crippen MR) is 133 cm³/mol. The maximum Gasteiger partial charge on any atom is 0.295 e. The first kappa shape index (κ1) is 22.5. The molecule has 3 heterocycles. The first-order valence-electron chi connectivity index (χ1n) is 11.7. The molecule has 2 aromatic heterocycles. The number of aromatic nitrogens is 2. The summed E-state index contributed by atoms with van der Waals surface area (Å²) in [4.78, 5) is 50.2. The number of ketones is 1. The Balaban J connectivity index is 1.35. The molecule has 7 nitrogen and oxygen atoms in total. The largest absolute Gasteiger partial charge is 0.345 e.